The minimum atomic E-state index is -1.43. The van der Waals surface area contributed by atoms with Crippen LogP contribution in [-0.4, -0.2) is 41.4 Å². The molecule has 1 N–H and O–H groups in total. The van der Waals surface area contributed by atoms with Gasteiger partial charge in [0.05, 0.1) is 12.2 Å². The van der Waals surface area contributed by atoms with Crippen LogP contribution in [0.15, 0.2) is 41.7 Å². The van der Waals surface area contributed by atoms with Gasteiger partial charge in [-0.05, 0) is 19.4 Å². The van der Waals surface area contributed by atoms with Gasteiger partial charge in [0, 0.05) is 7.05 Å². The first-order valence-electron chi connectivity index (χ1n) is 6.84. The van der Waals surface area contributed by atoms with Gasteiger partial charge in [-0.25, -0.2) is 4.79 Å². The summed E-state index contributed by atoms with van der Waals surface area (Å²) in [5.41, 5.74) is -1.17. The Kier molecular flexibility index (Phi) is 4.03. The van der Waals surface area contributed by atoms with Crippen LogP contribution < -0.4 is 0 Å². The van der Waals surface area contributed by atoms with Gasteiger partial charge in [-0.3, -0.25) is 14.5 Å². The number of carbonyl (C=O) groups is 3. The highest BCUT2D eigenvalue weighted by molar-refractivity contribution is 6.21. The summed E-state index contributed by atoms with van der Waals surface area (Å²) in [5, 5.41) is 10.2. The molecule has 0 aliphatic carbocycles. The SMILES string of the molecule is CCOC(=O)/C(O)=C1\C(=O)N(C)C(=O)C1(C)c1ccccc1. The van der Waals surface area contributed by atoms with Crippen LogP contribution in [0.2, 0.25) is 0 Å². The number of hydrogen-bond acceptors (Lipinski definition) is 5. The summed E-state index contributed by atoms with van der Waals surface area (Å²) in [5.74, 6) is -3.05. The van der Waals surface area contributed by atoms with Crippen molar-refractivity contribution in [3.63, 3.8) is 0 Å². The number of esters is 1. The molecule has 1 fully saturated rings. The molecule has 1 unspecified atom stereocenters. The zero-order valence-corrected chi connectivity index (χ0v) is 12.6. The molecule has 1 heterocycles. The predicted molar refractivity (Wildman–Crippen MR) is 77.9 cm³/mol. The van der Waals surface area contributed by atoms with Gasteiger partial charge >= 0.3 is 5.97 Å². The molecule has 1 atom stereocenters. The Morgan fingerprint density at radius 3 is 2.41 bits per heavy atom. The fraction of sp³-hybridized carbons (Fsp3) is 0.312. The van der Waals surface area contributed by atoms with Crippen LogP contribution in [0, 0.1) is 0 Å². The number of benzene rings is 1. The maximum Gasteiger partial charge on any atom is 0.373 e. The molecule has 2 amide bonds. The first-order chi connectivity index (χ1) is 10.4. The lowest BCUT2D eigenvalue weighted by atomic mass is 9.76. The molecule has 6 nitrogen and oxygen atoms in total. The molecule has 1 aliphatic heterocycles. The maximum atomic E-state index is 12.5. The first-order valence-corrected chi connectivity index (χ1v) is 6.84. The van der Waals surface area contributed by atoms with E-state index >= 15 is 0 Å². The molecule has 1 aromatic carbocycles. The highest BCUT2D eigenvalue weighted by atomic mass is 16.5. The Morgan fingerprint density at radius 1 is 1.27 bits per heavy atom. The normalized spacial score (nSPS) is 23.7. The third kappa shape index (κ3) is 2.16. The van der Waals surface area contributed by atoms with Crippen molar-refractivity contribution in [2.24, 2.45) is 0 Å². The highest BCUT2D eigenvalue weighted by Gasteiger charge is 2.55. The molecule has 116 valence electrons. The molecule has 1 saturated heterocycles. The molecule has 1 aromatic rings. The van der Waals surface area contributed by atoms with E-state index in [0.29, 0.717) is 5.56 Å². The van der Waals surface area contributed by atoms with Gasteiger partial charge in [0.2, 0.25) is 11.7 Å². The summed E-state index contributed by atoms with van der Waals surface area (Å²) in [7, 11) is 1.32. The van der Waals surface area contributed by atoms with Crippen LogP contribution >= 0.6 is 0 Å². The Labute approximate surface area is 128 Å². The molecule has 0 saturated carbocycles. The van der Waals surface area contributed by atoms with Gasteiger partial charge < -0.3 is 9.84 Å². The third-order valence-corrected chi connectivity index (χ3v) is 3.81. The van der Waals surface area contributed by atoms with E-state index in [-0.39, 0.29) is 12.2 Å². The lowest BCUT2D eigenvalue weighted by Gasteiger charge is -2.23. The molecule has 22 heavy (non-hydrogen) atoms. The minimum absolute atomic E-state index is 0.0518. The predicted octanol–water partition coefficient (Wildman–Crippen LogP) is 1.32. The highest BCUT2D eigenvalue weighted by Crippen LogP contribution is 2.41. The molecule has 2 rings (SSSR count). The minimum Gasteiger partial charge on any atom is -0.501 e. The molecule has 0 aromatic heterocycles. The summed E-state index contributed by atoms with van der Waals surface area (Å²) in [6, 6.07) is 8.54. The quantitative estimate of drug-likeness (QED) is 0.394. The van der Waals surface area contributed by atoms with Gasteiger partial charge in [0.1, 0.15) is 5.41 Å². The lowest BCUT2D eigenvalue weighted by Crippen LogP contribution is -2.35. The lowest BCUT2D eigenvalue weighted by molar-refractivity contribution is -0.142. The van der Waals surface area contributed by atoms with Gasteiger partial charge in [-0.1, -0.05) is 30.3 Å². The summed E-state index contributed by atoms with van der Waals surface area (Å²) in [6.07, 6.45) is 0. The number of likely N-dealkylation sites (tertiary alicyclic amines) is 1. The largest absolute Gasteiger partial charge is 0.501 e. The van der Waals surface area contributed by atoms with E-state index in [4.69, 9.17) is 4.74 Å². The van der Waals surface area contributed by atoms with Crippen LogP contribution in [0.4, 0.5) is 0 Å². The smallest absolute Gasteiger partial charge is 0.373 e. The van der Waals surface area contributed by atoms with Crippen molar-refractivity contribution < 1.29 is 24.2 Å². The molecule has 0 bridgehead atoms. The number of likely N-dealkylation sites (N-methyl/N-ethyl adjacent to an activating group) is 1. The van der Waals surface area contributed by atoms with Crippen LogP contribution in [0.5, 0.6) is 0 Å². The number of nitrogens with zero attached hydrogens (tertiary/aromatic N) is 1. The summed E-state index contributed by atoms with van der Waals surface area (Å²) >= 11 is 0. The van der Waals surface area contributed by atoms with E-state index in [1.165, 1.54) is 14.0 Å². The number of imide groups is 1. The van der Waals surface area contributed by atoms with Crippen LogP contribution in [0.3, 0.4) is 0 Å². The Hall–Kier alpha value is -2.63. The fourth-order valence-electron chi connectivity index (χ4n) is 2.60. The van der Waals surface area contributed by atoms with Gasteiger partial charge in [-0.15, -0.1) is 0 Å². The molecule has 6 heteroatoms. The third-order valence-electron chi connectivity index (χ3n) is 3.81. The topological polar surface area (TPSA) is 83.9 Å². The molecule has 0 radical (unpaired) electrons. The Bertz CT molecular complexity index is 664. The number of aliphatic hydroxyl groups excluding tert-OH is 1. The second kappa shape index (κ2) is 5.63. The van der Waals surface area contributed by atoms with Crippen molar-refractivity contribution in [1.29, 1.82) is 0 Å². The van der Waals surface area contributed by atoms with Crippen molar-refractivity contribution >= 4 is 17.8 Å². The van der Waals surface area contributed by atoms with Crippen molar-refractivity contribution in [2.45, 2.75) is 19.3 Å². The summed E-state index contributed by atoms with van der Waals surface area (Å²) in [6.45, 7) is 3.15. The van der Waals surface area contributed by atoms with E-state index in [1.807, 2.05) is 0 Å². The van der Waals surface area contributed by atoms with Crippen molar-refractivity contribution in [3.05, 3.63) is 47.2 Å². The summed E-state index contributed by atoms with van der Waals surface area (Å²) < 4.78 is 4.74. The van der Waals surface area contributed by atoms with Crippen molar-refractivity contribution in [2.75, 3.05) is 13.7 Å². The van der Waals surface area contributed by atoms with E-state index in [2.05, 4.69) is 0 Å². The zero-order chi connectivity index (χ0) is 16.5. The number of rotatable bonds is 3. The second-order valence-electron chi connectivity index (χ2n) is 5.10. The van der Waals surface area contributed by atoms with E-state index < -0.39 is 29.0 Å². The van der Waals surface area contributed by atoms with E-state index in [1.54, 1.807) is 37.3 Å². The van der Waals surface area contributed by atoms with Crippen LogP contribution in [0.1, 0.15) is 19.4 Å². The Balaban J connectivity index is 2.68. The van der Waals surface area contributed by atoms with Crippen molar-refractivity contribution in [1.82, 2.24) is 4.90 Å². The van der Waals surface area contributed by atoms with E-state index in [0.717, 1.165) is 4.90 Å². The van der Waals surface area contributed by atoms with Crippen molar-refractivity contribution in [3.8, 4) is 0 Å². The average molecular weight is 303 g/mol. The van der Waals surface area contributed by atoms with Gasteiger partial charge in [0.15, 0.2) is 0 Å². The van der Waals surface area contributed by atoms with Crippen LogP contribution in [-0.2, 0) is 24.5 Å². The first kappa shape index (κ1) is 15.8. The number of ether oxygens (including phenoxy) is 1. The molecular formula is C16H17NO5. The van der Waals surface area contributed by atoms with Gasteiger partial charge in [0.25, 0.3) is 5.91 Å². The number of hydrogen-bond donors (Lipinski definition) is 1. The maximum absolute atomic E-state index is 12.5. The number of aliphatic hydroxyl groups is 1. The zero-order valence-electron chi connectivity index (χ0n) is 12.6. The number of amides is 2. The van der Waals surface area contributed by atoms with E-state index in [9.17, 15) is 19.5 Å². The molecule has 0 spiro atoms. The average Bonchev–Trinajstić information content (AvgIpc) is 2.70. The summed E-state index contributed by atoms with van der Waals surface area (Å²) in [4.78, 5) is 37.6. The fourth-order valence-corrected chi connectivity index (χ4v) is 2.60. The molecular weight excluding hydrogens is 286 g/mol. The molecule has 1 aliphatic rings. The van der Waals surface area contributed by atoms with Crippen LogP contribution in [0.25, 0.3) is 0 Å². The van der Waals surface area contributed by atoms with Gasteiger partial charge in [-0.2, -0.15) is 0 Å². The monoisotopic (exact) mass is 303 g/mol. The second-order valence-corrected chi connectivity index (χ2v) is 5.10. The number of carbonyl (C=O) groups excluding carboxylic acids is 3. The Morgan fingerprint density at radius 2 is 1.86 bits per heavy atom. The standard InChI is InChI=1S/C16H17NO5/c1-4-22-14(20)12(18)11-13(19)17(3)15(21)16(11,2)10-8-6-5-7-9-10/h5-9,18H,4H2,1-3H3/b12-11-.